The maximum atomic E-state index is 12.2. The molecule has 2 aromatic rings. The van der Waals surface area contributed by atoms with Gasteiger partial charge in [-0.05, 0) is 49.4 Å². The summed E-state index contributed by atoms with van der Waals surface area (Å²) < 4.78 is 15.1. The molecule has 1 aliphatic rings. The Labute approximate surface area is 164 Å². The lowest BCUT2D eigenvalue weighted by atomic mass is 9.95. The van der Waals surface area contributed by atoms with Crippen LogP contribution in [0.15, 0.2) is 48.5 Å². The molecule has 1 saturated carbocycles. The van der Waals surface area contributed by atoms with Crippen molar-refractivity contribution in [2.45, 2.75) is 44.5 Å². The monoisotopic (exact) mass is 390 g/mol. The van der Waals surface area contributed by atoms with E-state index >= 15 is 0 Å². The normalized spacial score (nSPS) is 18.6. The molecule has 4 N–H and O–H groups in total. The van der Waals surface area contributed by atoms with Gasteiger partial charge in [-0.3, -0.25) is 4.39 Å². The van der Waals surface area contributed by atoms with Crippen molar-refractivity contribution >= 4 is 17.3 Å². The third kappa shape index (κ3) is 6.83. The summed E-state index contributed by atoms with van der Waals surface area (Å²) in [5, 5.41) is 0. The van der Waals surface area contributed by atoms with Gasteiger partial charge in [-0.1, -0.05) is 30.3 Å². The highest BCUT2D eigenvalue weighted by molar-refractivity contribution is 5.91. The number of rotatable bonds is 6. The number of hydrogen-bond acceptors (Lipinski definition) is 6. The SMILES string of the molecule is CF.Nc1cc(N)cc(C(=O)OC2CCC(OOCc3ccccc3)CC2)c1. The van der Waals surface area contributed by atoms with Crippen molar-refractivity contribution in [2.75, 3.05) is 18.6 Å². The van der Waals surface area contributed by atoms with Crippen LogP contribution >= 0.6 is 0 Å². The largest absolute Gasteiger partial charge is 0.459 e. The molecule has 6 nitrogen and oxygen atoms in total. The van der Waals surface area contributed by atoms with Gasteiger partial charge in [0, 0.05) is 11.4 Å². The molecular weight excluding hydrogens is 363 g/mol. The number of nitrogen functional groups attached to an aromatic ring is 2. The summed E-state index contributed by atoms with van der Waals surface area (Å²) in [6.45, 7) is 0.423. The van der Waals surface area contributed by atoms with Gasteiger partial charge < -0.3 is 16.2 Å². The number of benzene rings is 2. The van der Waals surface area contributed by atoms with Crippen molar-refractivity contribution in [1.82, 2.24) is 0 Å². The van der Waals surface area contributed by atoms with E-state index in [4.69, 9.17) is 26.0 Å². The zero-order chi connectivity index (χ0) is 20.4. The van der Waals surface area contributed by atoms with Crippen LogP contribution in [0.25, 0.3) is 0 Å². The molecule has 7 heteroatoms. The third-order valence-corrected chi connectivity index (χ3v) is 4.38. The van der Waals surface area contributed by atoms with Crippen LogP contribution in [0, 0.1) is 0 Å². The highest BCUT2D eigenvalue weighted by Crippen LogP contribution is 2.25. The van der Waals surface area contributed by atoms with Gasteiger partial charge in [-0.2, -0.15) is 0 Å². The summed E-state index contributed by atoms with van der Waals surface area (Å²) in [4.78, 5) is 23.1. The minimum Gasteiger partial charge on any atom is -0.459 e. The first-order valence-electron chi connectivity index (χ1n) is 9.17. The fraction of sp³-hybridized carbons (Fsp3) is 0.381. The van der Waals surface area contributed by atoms with E-state index in [-0.39, 0.29) is 12.2 Å². The van der Waals surface area contributed by atoms with Crippen LogP contribution in [0.5, 0.6) is 0 Å². The Morgan fingerprint density at radius 2 is 1.54 bits per heavy atom. The second-order valence-electron chi connectivity index (χ2n) is 6.54. The van der Waals surface area contributed by atoms with Crippen molar-refractivity contribution in [3.8, 4) is 0 Å². The molecule has 0 atom stereocenters. The molecular formula is C21H27FN2O4. The first-order chi connectivity index (χ1) is 13.6. The smallest absolute Gasteiger partial charge is 0.338 e. The van der Waals surface area contributed by atoms with E-state index in [9.17, 15) is 9.18 Å². The Morgan fingerprint density at radius 3 is 2.14 bits per heavy atom. The lowest BCUT2D eigenvalue weighted by Crippen LogP contribution is -2.28. The number of carbonyl (C=O) groups excluding carboxylic acids is 1. The van der Waals surface area contributed by atoms with Crippen molar-refractivity contribution in [2.24, 2.45) is 0 Å². The molecule has 152 valence electrons. The number of carbonyl (C=O) groups is 1. The zero-order valence-corrected chi connectivity index (χ0v) is 16.0. The van der Waals surface area contributed by atoms with Crippen LogP contribution in [-0.4, -0.2) is 25.4 Å². The standard InChI is InChI=1S/C20H24N2O4.CH3F/c21-16-10-15(11-17(22)12-16)20(23)25-18-6-8-19(9-7-18)26-24-13-14-4-2-1-3-5-14;1-2/h1-5,10-12,18-19H,6-9,13,21-22H2;1H3. The summed E-state index contributed by atoms with van der Waals surface area (Å²) in [7, 11) is 0.500. The highest BCUT2D eigenvalue weighted by atomic mass is 19.1. The molecule has 28 heavy (non-hydrogen) atoms. The Kier molecular flexibility index (Phi) is 8.71. The fourth-order valence-corrected chi connectivity index (χ4v) is 3.03. The van der Waals surface area contributed by atoms with E-state index in [0.29, 0.717) is 30.7 Å². The van der Waals surface area contributed by atoms with Crippen molar-refractivity contribution in [3.05, 3.63) is 59.7 Å². The lowest BCUT2D eigenvalue weighted by Gasteiger charge is -2.27. The van der Waals surface area contributed by atoms with Gasteiger partial charge in [0.05, 0.1) is 18.8 Å². The minimum absolute atomic E-state index is 0.0247. The second kappa shape index (κ2) is 11.3. The van der Waals surface area contributed by atoms with Gasteiger partial charge in [-0.25, -0.2) is 14.6 Å². The van der Waals surface area contributed by atoms with Crippen LogP contribution in [0.2, 0.25) is 0 Å². The zero-order valence-electron chi connectivity index (χ0n) is 16.0. The number of esters is 1. The average Bonchev–Trinajstić information content (AvgIpc) is 2.71. The van der Waals surface area contributed by atoms with E-state index in [1.807, 2.05) is 30.3 Å². The maximum absolute atomic E-state index is 12.2. The van der Waals surface area contributed by atoms with Crippen LogP contribution in [0.1, 0.15) is 41.6 Å². The first kappa shape index (κ1) is 21.7. The minimum atomic E-state index is -0.395. The predicted molar refractivity (Wildman–Crippen MR) is 106 cm³/mol. The van der Waals surface area contributed by atoms with Crippen LogP contribution < -0.4 is 11.5 Å². The number of anilines is 2. The number of ether oxygens (including phenoxy) is 1. The summed E-state index contributed by atoms with van der Waals surface area (Å²) in [6.07, 6.45) is 2.94. The van der Waals surface area contributed by atoms with E-state index < -0.39 is 5.97 Å². The van der Waals surface area contributed by atoms with Gasteiger partial charge in [0.15, 0.2) is 0 Å². The molecule has 0 amide bonds. The third-order valence-electron chi connectivity index (χ3n) is 4.38. The molecule has 0 aliphatic heterocycles. The molecule has 0 unspecified atom stereocenters. The summed E-state index contributed by atoms with van der Waals surface area (Å²) >= 11 is 0. The molecule has 0 bridgehead atoms. The highest BCUT2D eigenvalue weighted by Gasteiger charge is 2.25. The molecule has 2 aromatic carbocycles. The van der Waals surface area contributed by atoms with E-state index in [1.165, 1.54) is 0 Å². The Balaban J connectivity index is 0.00000136. The molecule has 0 spiro atoms. The van der Waals surface area contributed by atoms with Crippen LogP contribution in [-0.2, 0) is 21.1 Å². The van der Waals surface area contributed by atoms with Gasteiger partial charge in [0.1, 0.15) is 12.7 Å². The molecule has 0 saturated heterocycles. The number of nitrogens with two attached hydrogens (primary N) is 2. The lowest BCUT2D eigenvalue weighted by molar-refractivity contribution is -0.338. The number of hydrogen-bond donors (Lipinski definition) is 2. The second-order valence-corrected chi connectivity index (χ2v) is 6.54. The van der Waals surface area contributed by atoms with Gasteiger partial charge in [-0.15, -0.1) is 0 Å². The van der Waals surface area contributed by atoms with Crippen LogP contribution in [0.4, 0.5) is 15.8 Å². The van der Waals surface area contributed by atoms with Gasteiger partial charge in [0.25, 0.3) is 0 Å². The fourth-order valence-electron chi connectivity index (χ4n) is 3.03. The van der Waals surface area contributed by atoms with Crippen molar-refractivity contribution in [3.63, 3.8) is 0 Å². The van der Waals surface area contributed by atoms with E-state index in [1.54, 1.807) is 18.2 Å². The summed E-state index contributed by atoms with van der Waals surface area (Å²) in [5.74, 6) is -0.395. The number of alkyl halides is 1. The summed E-state index contributed by atoms with van der Waals surface area (Å²) in [5.41, 5.74) is 13.8. The molecule has 1 fully saturated rings. The Bertz CT molecular complexity index is 714. The van der Waals surface area contributed by atoms with E-state index in [2.05, 4.69) is 0 Å². The first-order valence-corrected chi connectivity index (χ1v) is 9.17. The van der Waals surface area contributed by atoms with Crippen LogP contribution in [0.3, 0.4) is 0 Å². The van der Waals surface area contributed by atoms with Crippen molar-refractivity contribution in [1.29, 1.82) is 0 Å². The van der Waals surface area contributed by atoms with E-state index in [0.717, 1.165) is 31.2 Å². The number of halogens is 1. The molecule has 1 aliphatic carbocycles. The Morgan fingerprint density at radius 1 is 0.964 bits per heavy atom. The molecule has 0 aromatic heterocycles. The Hall–Kier alpha value is -2.64. The topological polar surface area (TPSA) is 96.8 Å². The van der Waals surface area contributed by atoms with Crippen molar-refractivity contribution < 1.29 is 23.7 Å². The quantitative estimate of drug-likeness (QED) is 0.334. The predicted octanol–water partition coefficient (Wildman–Crippen LogP) is 4.05. The average molecular weight is 390 g/mol. The summed E-state index contributed by atoms with van der Waals surface area (Å²) in [6, 6.07) is 14.6. The molecule has 3 rings (SSSR count). The maximum Gasteiger partial charge on any atom is 0.338 e. The van der Waals surface area contributed by atoms with Gasteiger partial charge >= 0.3 is 5.97 Å². The molecule has 0 heterocycles. The molecule has 0 radical (unpaired) electrons. The van der Waals surface area contributed by atoms with Gasteiger partial charge in [0.2, 0.25) is 0 Å².